The lowest BCUT2D eigenvalue weighted by atomic mass is 9.97. The fourth-order valence-electron chi connectivity index (χ4n) is 15.6. The largest absolute Gasteiger partial charge is 0.507 e. The van der Waals surface area contributed by atoms with Crippen LogP contribution in [0.2, 0.25) is 0 Å². The molecule has 2 fully saturated rings. The maximum atomic E-state index is 12.8. The van der Waals surface area contributed by atoms with Gasteiger partial charge in [0.25, 0.3) is 23.6 Å². The number of aryl methyl sites for hydroxylation is 1. The predicted molar refractivity (Wildman–Crippen MR) is 464 cm³/mol. The topological polar surface area (TPSA) is 273 Å². The molecule has 0 unspecified atom stereocenters. The summed E-state index contributed by atoms with van der Waals surface area (Å²) in [6, 6.07) is 68.0. The second-order valence-electron chi connectivity index (χ2n) is 30.2. The van der Waals surface area contributed by atoms with Crippen molar-refractivity contribution in [2.24, 2.45) is 22.0 Å². The first kappa shape index (κ1) is 80.9. The van der Waals surface area contributed by atoms with Gasteiger partial charge >= 0.3 is 0 Å². The summed E-state index contributed by atoms with van der Waals surface area (Å²) in [7, 11) is 6.13. The van der Waals surface area contributed by atoms with Crippen LogP contribution in [0, 0.1) is 0 Å². The Labute approximate surface area is 683 Å². The second-order valence-corrected chi connectivity index (χ2v) is 30.2. The van der Waals surface area contributed by atoms with Crippen LogP contribution in [-0.2, 0) is 73.2 Å². The molecular formula is C94H102N16O7. The van der Waals surface area contributed by atoms with Crippen LogP contribution < -0.4 is 36.9 Å². The van der Waals surface area contributed by atoms with E-state index < -0.39 is 0 Å². The number of piperazine rings is 2. The SMILES string of the molecule is CN1CCN(CCNC(=O)C2=NCc3c2[nH]cc(Cc2ccccc2)c3=O)CC1.CN1CCN(CCNC(=O)C2=NCc3c2ncc2c3NCCN2c2ccccc2)CC1.Cn1cc(C(=O)NCCc2ccccc2)c2ccc(Cc3ccccc3)c(O)c21.O=C(NCCc1ccccc1)C1=NCc2c1ccc(Cc1ccccc1)c2O. The molecule has 2 saturated heterocycles. The molecule has 0 saturated carbocycles. The van der Waals surface area contributed by atoms with Crippen molar-refractivity contribution < 1.29 is 29.4 Å². The lowest BCUT2D eigenvalue weighted by Crippen LogP contribution is -2.47. The number of aromatic amines is 1. The van der Waals surface area contributed by atoms with Crippen LogP contribution in [0.3, 0.4) is 0 Å². The maximum absolute atomic E-state index is 12.8. The Morgan fingerprint density at radius 3 is 1.47 bits per heavy atom. The number of H-pyrrole nitrogens is 1. The van der Waals surface area contributed by atoms with Crippen molar-refractivity contribution in [2.45, 2.75) is 51.7 Å². The Morgan fingerprint density at radius 2 is 0.906 bits per heavy atom. The van der Waals surface area contributed by atoms with Gasteiger partial charge in [-0.25, -0.2) is 0 Å². The number of nitrogens with one attached hydrogen (secondary N) is 6. The van der Waals surface area contributed by atoms with E-state index in [1.165, 1.54) is 11.1 Å². The van der Waals surface area contributed by atoms with Crippen LogP contribution in [0.25, 0.3) is 10.9 Å². The molecule has 0 atom stereocenters. The number of carbonyl (C=O) groups excluding carboxylic acids is 4. The average molecular weight is 1570 g/mol. The molecule has 11 aromatic rings. The van der Waals surface area contributed by atoms with Crippen LogP contribution in [0.15, 0.2) is 245 Å². The molecule has 0 spiro atoms. The third kappa shape index (κ3) is 20.4. The first-order valence-corrected chi connectivity index (χ1v) is 40.4. The highest BCUT2D eigenvalue weighted by molar-refractivity contribution is 6.47. The minimum atomic E-state index is -0.218. The average Bonchev–Trinajstić information content (AvgIpc) is 1.64. The highest BCUT2D eigenvalue weighted by Gasteiger charge is 2.33. The van der Waals surface area contributed by atoms with Crippen LogP contribution in [0.1, 0.15) is 88.5 Å². The lowest BCUT2D eigenvalue weighted by Gasteiger charge is -2.33. The van der Waals surface area contributed by atoms with Crippen LogP contribution in [0.5, 0.6) is 11.5 Å². The number of benzene rings is 8. The minimum Gasteiger partial charge on any atom is -0.507 e. The molecule has 600 valence electrons. The summed E-state index contributed by atoms with van der Waals surface area (Å²) in [6.45, 7) is 15.2. The molecule has 6 aliphatic heterocycles. The summed E-state index contributed by atoms with van der Waals surface area (Å²) in [5, 5.41) is 37.7. The number of amides is 4. The summed E-state index contributed by atoms with van der Waals surface area (Å²) in [5.41, 5.74) is 18.1. The maximum Gasteiger partial charge on any atom is 0.271 e. The Kier molecular flexibility index (Phi) is 27.0. The van der Waals surface area contributed by atoms with E-state index in [-0.39, 0.29) is 47.1 Å². The van der Waals surface area contributed by atoms with E-state index in [0.29, 0.717) is 109 Å². The number of phenolic OH excluding ortho intramolecular Hbond substituents is 2. The van der Waals surface area contributed by atoms with Gasteiger partial charge in [-0.1, -0.05) is 194 Å². The number of aliphatic imine (C=N–C) groups is 3. The van der Waals surface area contributed by atoms with Crippen LogP contribution in [-0.4, -0.2) is 204 Å². The molecule has 6 aliphatic rings. The van der Waals surface area contributed by atoms with Gasteiger partial charge in [-0.05, 0) is 72.5 Å². The number of likely N-dealkylation sites (N-methyl/N-ethyl adjacent to an activating group) is 2. The fraction of sp³-hybridized carbons (Fsp3) is 0.287. The zero-order valence-corrected chi connectivity index (χ0v) is 66.7. The third-order valence-corrected chi connectivity index (χ3v) is 22.2. The fourth-order valence-corrected chi connectivity index (χ4v) is 15.6. The number of anilines is 3. The molecule has 4 amide bonds. The van der Waals surface area contributed by atoms with Crippen molar-refractivity contribution in [3.8, 4) is 11.5 Å². The van der Waals surface area contributed by atoms with Crippen LogP contribution in [0.4, 0.5) is 17.1 Å². The first-order valence-electron chi connectivity index (χ1n) is 40.4. The summed E-state index contributed by atoms with van der Waals surface area (Å²) >= 11 is 0. The summed E-state index contributed by atoms with van der Waals surface area (Å²) in [6.07, 6.45) is 8.78. The number of nitrogens with zero attached hydrogens (tertiary/aromatic N) is 10. The molecule has 8 aromatic carbocycles. The number of aromatic hydroxyl groups is 2. The second kappa shape index (κ2) is 39.1. The molecule has 3 aromatic heterocycles. The van der Waals surface area contributed by atoms with Crippen molar-refractivity contribution in [1.29, 1.82) is 0 Å². The monoisotopic (exact) mass is 1570 g/mol. The zero-order chi connectivity index (χ0) is 81.0. The van der Waals surface area contributed by atoms with Crippen molar-refractivity contribution in [3.05, 3.63) is 319 Å². The lowest BCUT2D eigenvalue weighted by molar-refractivity contribution is -0.115. The highest BCUT2D eigenvalue weighted by atomic mass is 16.3. The van der Waals surface area contributed by atoms with Gasteiger partial charge in [0.2, 0.25) is 0 Å². The van der Waals surface area contributed by atoms with Gasteiger partial charge < -0.3 is 61.0 Å². The van der Waals surface area contributed by atoms with Crippen molar-refractivity contribution in [2.75, 3.05) is 129 Å². The van der Waals surface area contributed by atoms with E-state index in [9.17, 15) is 34.2 Å². The molecule has 23 nitrogen and oxygen atoms in total. The van der Waals surface area contributed by atoms with E-state index in [0.717, 1.165) is 158 Å². The van der Waals surface area contributed by atoms with Gasteiger partial charge in [-0.15, -0.1) is 0 Å². The minimum absolute atomic E-state index is 0.0217. The summed E-state index contributed by atoms with van der Waals surface area (Å²) in [4.78, 5) is 96.3. The smallest absolute Gasteiger partial charge is 0.271 e. The van der Waals surface area contributed by atoms with E-state index in [4.69, 9.17) is 0 Å². The number of fused-ring (bicyclic) bond motifs is 6. The number of aromatic nitrogens is 3. The standard InChI is InChI=1S/C25H24N2O2.C24H22N2O2.C23H29N7O.C22H27N5O2/c1-27-17-22(25(29)26-15-14-18-8-4-2-5-9-18)21-13-12-20(24(28)23(21)27)16-19-10-6-3-7-11-19;27-23-19(15-18-9-5-2-6-10-18)11-12-20-21(23)16-26-22(20)24(28)25-14-13-17-7-3-1-4-8-17;1-28-11-13-29(14-12-28)9-7-25-23(31)22-21-18(15-26-22)20-19(16-27-21)30(10-8-24-20)17-5-3-2-4-6-17;1-26-9-11-27(12-10-26)8-7-23-22(29)20-19-18(15-25-20)21(28)17(14-24-19)13-16-5-3-2-4-6-16/h2-13,17,28H,14-16H2,1H3,(H,26,29);1-12,27H,13-16H2,(H,25,28);2-6,16,24H,7-15H2,1H3,(H,25,31);2-6,14H,7-13,15H2,1H3,(H,23,29)(H,24,28). The zero-order valence-electron chi connectivity index (χ0n) is 66.7. The molecule has 0 aliphatic carbocycles. The van der Waals surface area contributed by atoms with E-state index in [2.05, 4.69) is 114 Å². The van der Waals surface area contributed by atoms with Gasteiger partial charge in [-0.3, -0.25) is 53.7 Å². The number of hydrogen-bond donors (Lipinski definition) is 8. The predicted octanol–water partition coefficient (Wildman–Crippen LogP) is 10.0. The van der Waals surface area contributed by atoms with Gasteiger partial charge in [-0.2, -0.15) is 0 Å². The number of hydrogen-bond acceptors (Lipinski definition) is 17. The molecule has 0 radical (unpaired) electrons. The van der Waals surface area contributed by atoms with Crippen molar-refractivity contribution >= 4 is 68.7 Å². The highest BCUT2D eigenvalue weighted by Crippen LogP contribution is 2.40. The van der Waals surface area contributed by atoms with Gasteiger partial charge in [0.05, 0.1) is 54.0 Å². The summed E-state index contributed by atoms with van der Waals surface area (Å²) in [5.74, 6) is -0.179. The van der Waals surface area contributed by atoms with E-state index >= 15 is 0 Å². The molecular weight excluding hydrogens is 1470 g/mol. The Hall–Kier alpha value is -12.7. The number of para-hydroxylation sites is 1. The number of carbonyl (C=O) groups is 4. The van der Waals surface area contributed by atoms with Gasteiger partial charge in [0.1, 0.15) is 34.3 Å². The molecule has 8 N–H and O–H groups in total. The molecule has 17 rings (SSSR count). The number of pyridine rings is 2. The van der Waals surface area contributed by atoms with E-state index in [1.54, 1.807) is 12.4 Å². The third-order valence-electron chi connectivity index (χ3n) is 22.2. The quantitative estimate of drug-likeness (QED) is 0.0296. The number of phenols is 2. The molecule has 0 bridgehead atoms. The Balaban J connectivity index is 0.000000128. The van der Waals surface area contributed by atoms with Gasteiger partial charge in [0.15, 0.2) is 5.43 Å². The first-order chi connectivity index (χ1) is 57.2. The molecule has 9 heterocycles. The molecule has 117 heavy (non-hydrogen) atoms. The number of rotatable bonds is 23. The Bertz CT molecular complexity index is 5430. The normalized spacial score (nSPS) is 14.9. The molecule has 23 heteroatoms. The van der Waals surface area contributed by atoms with Crippen molar-refractivity contribution in [3.63, 3.8) is 0 Å². The van der Waals surface area contributed by atoms with Crippen LogP contribution >= 0.6 is 0 Å². The van der Waals surface area contributed by atoms with Gasteiger partial charge in [0, 0.05) is 188 Å². The Morgan fingerprint density at radius 1 is 0.453 bits per heavy atom. The van der Waals surface area contributed by atoms with E-state index in [1.807, 2.05) is 200 Å². The van der Waals surface area contributed by atoms with Crippen molar-refractivity contribution in [1.82, 2.24) is 55.4 Å². The summed E-state index contributed by atoms with van der Waals surface area (Å²) < 4.78 is 1.82.